The number of rotatable bonds is 11. The van der Waals surface area contributed by atoms with Crippen LogP contribution in [-0.4, -0.2) is 4.52 Å². The fourth-order valence-corrected chi connectivity index (χ4v) is 3.71. The summed E-state index contributed by atoms with van der Waals surface area (Å²) in [6.07, 6.45) is 8.38. The molecule has 2 aromatic carbocycles. The molecule has 0 heterocycles. The van der Waals surface area contributed by atoms with Gasteiger partial charge in [-0.2, -0.15) is 0 Å². The molecular formula is C22H28Cl2O. The van der Waals surface area contributed by atoms with Crippen molar-refractivity contribution in [3.63, 3.8) is 0 Å². The quantitative estimate of drug-likeness (QED) is 0.287. The van der Waals surface area contributed by atoms with E-state index in [1.807, 2.05) is 48.5 Å². The molecule has 0 spiro atoms. The van der Waals surface area contributed by atoms with E-state index >= 15 is 0 Å². The molecule has 0 amide bonds. The van der Waals surface area contributed by atoms with Gasteiger partial charge in [0.25, 0.3) is 4.52 Å². The summed E-state index contributed by atoms with van der Waals surface area (Å²) in [6, 6.07) is 19.8. The maximum Gasteiger partial charge on any atom is 0.265 e. The number of alkyl halides is 2. The van der Waals surface area contributed by atoms with Crippen LogP contribution in [0.1, 0.15) is 63.4 Å². The van der Waals surface area contributed by atoms with Crippen LogP contribution >= 0.6 is 23.2 Å². The van der Waals surface area contributed by atoms with Gasteiger partial charge in [-0.15, -0.1) is 0 Å². The van der Waals surface area contributed by atoms with Gasteiger partial charge < -0.3 is 4.74 Å². The smallest absolute Gasteiger partial charge is 0.265 e. The molecule has 0 fully saturated rings. The van der Waals surface area contributed by atoms with Gasteiger partial charge in [0.05, 0.1) is 5.92 Å². The van der Waals surface area contributed by atoms with Crippen LogP contribution in [0, 0.1) is 0 Å². The van der Waals surface area contributed by atoms with Crippen molar-refractivity contribution in [2.24, 2.45) is 0 Å². The van der Waals surface area contributed by atoms with E-state index in [9.17, 15) is 0 Å². The summed E-state index contributed by atoms with van der Waals surface area (Å²) in [5.41, 5.74) is 1.12. The molecule has 1 nitrogen and oxygen atoms in total. The third kappa shape index (κ3) is 6.92. The average molecular weight is 379 g/mol. The van der Waals surface area contributed by atoms with Gasteiger partial charge in [-0.3, -0.25) is 0 Å². The van der Waals surface area contributed by atoms with Crippen LogP contribution < -0.4 is 4.74 Å². The van der Waals surface area contributed by atoms with Crippen LogP contribution in [-0.2, 0) is 0 Å². The molecule has 136 valence electrons. The van der Waals surface area contributed by atoms with Crippen molar-refractivity contribution in [3.8, 4) is 5.75 Å². The summed E-state index contributed by atoms with van der Waals surface area (Å²) in [7, 11) is 0. The lowest BCUT2D eigenvalue weighted by atomic mass is 9.93. The predicted molar refractivity (Wildman–Crippen MR) is 109 cm³/mol. The molecule has 0 aliphatic heterocycles. The Balaban J connectivity index is 2.03. The first kappa shape index (κ1) is 20.1. The highest BCUT2D eigenvalue weighted by atomic mass is 35.5. The first-order valence-corrected chi connectivity index (χ1v) is 10.1. The molecule has 0 aliphatic rings. The zero-order valence-corrected chi connectivity index (χ0v) is 16.5. The lowest BCUT2D eigenvalue weighted by molar-refractivity contribution is 0.199. The Labute approximate surface area is 162 Å². The molecule has 0 aliphatic carbocycles. The molecule has 0 radical (unpaired) electrons. The standard InChI is InChI=1S/C22H28Cl2O/c1-2-3-4-5-6-13-18-21(19-14-9-7-10-15-19)22(23,24)25-20-16-11-8-12-17-20/h7-12,14-17,21H,2-6,13,18H2,1H3. The molecule has 1 unspecified atom stereocenters. The van der Waals surface area contributed by atoms with Crippen LogP contribution in [0.15, 0.2) is 60.7 Å². The molecule has 0 aromatic heterocycles. The van der Waals surface area contributed by atoms with Gasteiger partial charge in [-0.1, -0.05) is 117 Å². The third-order valence-electron chi connectivity index (χ3n) is 4.45. The van der Waals surface area contributed by atoms with E-state index in [1.165, 1.54) is 32.1 Å². The molecule has 0 saturated carbocycles. The first-order chi connectivity index (χ1) is 12.1. The summed E-state index contributed by atoms with van der Waals surface area (Å²) >= 11 is 13.4. The Morgan fingerprint density at radius 3 is 2.00 bits per heavy atom. The monoisotopic (exact) mass is 378 g/mol. The lowest BCUT2D eigenvalue weighted by Crippen LogP contribution is -2.30. The minimum atomic E-state index is -1.29. The van der Waals surface area contributed by atoms with Gasteiger partial charge in [0.1, 0.15) is 5.75 Å². The summed E-state index contributed by atoms with van der Waals surface area (Å²) in [4.78, 5) is 0. The molecule has 0 N–H and O–H groups in total. The first-order valence-electron chi connectivity index (χ1n) is 9.30. The topological polar surface area (TPSA) is 9.23 Å². The molecule has 0 bridgehead atoms. The highest BCUT2D eigenvalue weighted by molar-refractivity contribution is 6.48. The van der Waals surface area contributed by atoms with Gasteiger partial charge in [0, 0.05) is 0 Å². The number of unbranched alkanes of at least 4 members (excludes halogenated alkanes) is 5. The van der Waals surface area contributed by atoms with Gasteiger partial charge in [-0.25, -0.2) is 0 Å². The minimum Gasteiger partial charge on any atom is -0.457 e. The highest BCUT2D eigenvalue weighted by Gasteiger charge is 2.38. The Morgan fingerprint density at radius 1 is 0.800 bits per heavy atom. The van der Waals surface area contributed by atoms with Crippen molar-refractivity contribution in [3.05, 3.63) is 66.2 Å². The van der Waals surface area contributed by atoms with E-state index < -0.39 is 4.52 Å². The summed E-state index contributed by atoms with van der Waals surface area (Å²) in [5.74, 6) is 0.625. The second kappa shape index (κ2) is 10.7. The van der Waals surface area contributed by atoms with Crippen LogP contribution in [0.3, 0.4) is 0 Å². The number of halogens is 2. The largest absolute Gasteiger partial charge is 0.457 e. The van der Waals surface area contributed by atoms with Crippen molar-refractivity contribution in [2.75, 3.05) is 0 Å². The maximum absolute atomic E-state index is 6.68. The van der Waals surface area contributed by atoms with Gasteiger partial charge in [0.2, 0.25) is 0 Å². The summed E-state index contributed by atoms with van der Waals surface area (Å²) in [5, 5.41) is 0. The lowest BCUT2D eigenvalue weighted by Gasteiger charge is -2.31. The highest BCUT2D eigenvalue weighted by Crippen LogP contribution is 2.42. The second-order valence-corrected chi connectivity index (χ2v) is 7.81. The van der Waals surface area contributed by atoms with E-state index in [0.717, 1.165) is 18.4 Å². The second-order valence-electron chi connectivity index (χ2n) is 6.50. The Hall–Kier alpha value is -1.18. The van der Waals surface area contributed by atoms with Crippen molar-refractivity contribution >= 4 is 23.2 Å². The van der Waals surface area contributed by atoms with Crippen LogP contribution in [0.2, 0.25) is 0 Å². The number of hydrogen-bond donors (Lipinski definition) is 0. The normalized spacial score (nSPS) is 12.8. The van der Waals surface area contributed by atoms with Gasteiger partial charge >= 0.3 is 0 Å². The fraction of sp³-hybridized carbons (Fsp3) is 0.455. The van der Waals surface area contributed by atoms with Gasteiger partial charge in [-0.05, 0) is 24.1 Å². The summed E-state index contributed by atoms with van der Waals surface area (Å²) in [6.45, 7) is 2.24. The molecule has 25 heavy (non-hydrogen) atoms. The SMILES string of the molecule is CCCCCCCCC(c1ccccc1)C(Cl)(Cl)Oc1ccccc1. The van der Waals surface area contributed by atoms with E-state index in [-0.39, 0.29) is 5.92 Å². The third-order valence-corrected chi connectivity index (χ3v) is 5.13. The van der Waals surface area contributed by atoms with Crippen molar-refractivity contribution in [1.82, 2.24) is 0 Å². The molecule has 1 atom stereocenters. The van der Waals surface area contributed by atoms with Crippen LogP contribution in [0.5, 0.6) is 5.75 Å². The minimum absolute atomic E-state index is 0.0663. The van der Waals surface area contributed by atoms with E-state index in [2.05, 4.69) is 19.1 Å². The van der Waals surface area contributed by atoms with Gasteiger partial charge in [0.15, 0.2) is 0 Å². The van der Waals surface area contributed by atoms with Crippen LogP contribution in [0.4, 0.5) is 0 Å². The van der Waals surface area contributed by atoms with Crippen molar-refractivity contribution in [2.45, 2.75) is 62.3 Å². The molecule has 0 saturated heterocycles. The zero-order valence-electron chi connectivity index (χ0n) is 15.0. The molecule has 2 rings (SSSR count). The average Bonchev–Trinajstić information content (AvgIpc) is 2.62. The summed E-state index contributed by atoms with van der Waals surface area (Å²) < 4.78 is 4.66. The van der Waals surface area contributed by atoms with Crippen molar-refractivity contribution < 1.29 is 4.74 Å². The number of benzene rings is 2. The van der Waals surface area contributed by atoms with E-state index in [1.54, 1.807) is 0 Å². The Kier molecular flexibility index (Phi) is 8.64. The molecular weight excluding hydrogens is 351 g/mol. The van der Waals surface area contributed by atoms with Crippen molar-refractivity contribution in [1.29, 1.82) is 0 Å². The fourth-order valence-electron chi connectivity index (χ4n) is 3.06. The zero-order chi connectivity index (χ0) is 18.0. The Bertz CT molecular complexity index is 583. The number of hydrogen-bond acceptors (Lipinski definition) is 1. The number of ether oxygens (including phenoxy) is 1. The van der Waals surface area contributed by atoms with Crippen LogP contribution in [0.25, 0.3) is 0 Å². The van der Waals surface area contributed by atoms with E-state index in [4.69, 9.17) is 27.9 Å². The molecule has 3 heteroatoms. The molecule has 2 aromatic rings. The predicted octanol–water partition coefficient (Wildman–Crippen LogP) is 7.73. The Morgan fingerprint density at radius 2 is 1.36 bits per heavy atom. The van der Waals surface area contributed by atoms with E-state index in [0.29, 0.717) is 5.75 Å². The maximum atomic E-state index is 6.68. The number of para-hydroxylation sites is 1.